The summed E-state index contributed by atoms with van der Waals surface area (Å²) in [4.78, 5) is 10.4. The molecule has 1 saturated heterocycles. The summed E-state index contributed by atoms with van der Waals surface area (Å²) in [6.07, 6.45) is 1.18. The standard InChI is InChI=1S/C12H14N2O2/c15-14(16)10-3-1-2-8(4-10)11-5-9-6-13-7-12(9)11/h1-4,9,11-13H,5-7H2/t9-,11+,12+/m1/s1. The van der Waals surface area contributed by atoms with Gasteiger partial charge >= 0.3 is 0 Å². The fraction of sp³-hybridized carbons (Fsp3) is 0.500. The predicted molar refractivity (Wildman–Crippen MR) is 60.3 cm³/mol. The molecule has 16 heavy (non-hydrogen) atoms. The molecule has 0 bridgehead atoms. The second-order valence-corrected chi connectivity index (χ2v) is 4.78. The minimum absolute atomic E-state index is 0.215. The van der Waals surface area contributed by atoms with Gasteiger partial charge in [0.2, 0.25) is 0 Å². The third-order valence-electron chi connectivity index (χ3n) is 3.97. The molecule has 1 aliphatic carbocycles. The van der Waals surface area contributed by atoms with Gasteiger partial charge in [-0.15, -0.1) is 0 Å². The molecule has 1 aromatic rings. The van der Waals surface area contributed by atoms with Crippen LogP contribution in [0.25, 0.3) is 0 Å². The van der Waals surface area contributed by atoms with E-state index in [9.17, 15) is 10.1 Å². The zero-order valence-electron chi connectivity index (χ0n) is 8.93. The van der Waals surface area contributed by atoms with Gasteiger partial charge in [-0.3, -0.25) is 10.1 Å². The second kappa shape index (κ2) is 3.56. The highest BCUT2D eigenvalue weighted by atomic mass is 16.6. The average molecular weight is 218 g/mol. The topological polar surface area (TPSA) is 55.2 Å². The van der Waals surface area contributed by atoms with Gasteiger partial charge < -0.3 is 5.32 Å². The molecular formula is C12H14N2O2. The van der Waals surface area contributed by atoms with Crippen LogP contribution in [0.1, 0.15) is 17.9 Å². The number of nitrogens with zero attached hydrogens (tertiary/aromatic N) is 1. The highest BCUT2D eigenvalue weighted by Gasteiger charge is 2.44. The average Bonchev–Trinajstić information content (AvgIpc) is 2.61. The molecule has 0 unspecified atom stereocenters. The lowest BCUT2D eigenvalue weighted by Gasteiger charge is -2.39. The van der Waals surface area contributed by atoms with Gasteiger partial charge in [0.15, 0.2) is 0 Å². The van der Waals surface area contributed by atoms with Crippen LogP contribution in [0.3, 0.4) is 0 Å². The molecular weight excluding hydrogens is 204 g/mol. The number of nitrogens with one attached hydrogen (secondary N) is 1. The maximum absolute atomic E-state index is 10.7. The van der Waals surface area contributed by atoms with Crippen LogP contribution >= 0.6 is 0 Å². The molecule has 1 aromatic carbocycles. The van der Waals surface area contributed by atoms with E-state index >= 15 is 0 Å². The maximum atomic E-state index is 10.7. The number of rotatable bonds is 2. The van der Waals surface area contributed by atoms with Crippen LogP contribution in [0, 0.1) is 22.0 Å². The first-order valence-corrected chi connectivity index (χ1v) is 5.71. The Bertz CT molecular complexity index is 433. The predicted octanol–water partition coefficient (Wildman–Crippen LogP) is 1.92. The molecule has 0 aromatic heterocycles. The normalized spacial score (nSPS) is 31.9. The molecule has 2 fully saturated rings. The van der Waals surface area contributed by atoms with E-state index in [-0.39, 0.29) is 10.6 Å². The first-order chi connectivity index (χ1) is 7.75. The number of hydrogen-bond acceptors (Lipinski definition) is 3. The van der Waals surface area contributed by atoms with Crippen molar-refractivity contribution in [3.05, 3.63) is 39.9 Å². The molecule has 0 amide bonds. The van der Waals surface area contributed by atoms with Crippen molar-refractivity contribution in [1.82, 2.24) is 5.32 Å². The number of nitro benzene ring substituents is 1. The summed E-state index contributed by atoms with van der Waals surface area (Å²) in [5, 5.41) is 14.1. The zero-order chi connectivity index (χ0) is 11.1. The summed E-state index contributed by atoms with van der Waals surface area (Å²) >= 11 is 0. The summed E-state index contributed by atoms with van der Waals surface area (Å²) in [6, 6.07) is 7.11. The number of benzene rings is 1. The van der Waals surface area contributed by atoms with Crippen molar-refractivity contribution in [2.75, 3.05) is 13.1 Å². The van der Waals surface area contributed by atoms with Crippen LogP contribution < -0.4 is 5.32 Å². The summed E-state index contributed by atoms with van der Waals surface area (Å²) < 4.78 is 0. The molecule has 1 heterocycles. The Morgan fingerprint density at radius 3 is 3.00 bits per heavy atom. The van der Waals surface area contributed by atoms with Gasteiger partial charge in [-0.25, -0.2) is 0 Å². The lowest BCUT2D eigenvalue weighted by Crippen LogP contribution is -2.33. The minimum atomic E-state index is -0.313. The van der Waals surface area contributed by atoms with E-state index in [4.69, 9.17) is 0 Å². The Balaban J connectivity index is 1.84. The van der Waals surface area contributed by atoms with Gasteiger partial charge in [-0.05, 0) is 42.8 Å². The monoisotopic (exact) mass is 218 g/mol. The number of non-ortho nitro benzene ring substituents is 1. The summed E-state index contributed by atoms with van der Waals surface area (Å²) in [7, 11) is 0. The summed E-state index contributed by atoms with van der Waals surface area (Å²) in [6.45, 7) is 2.19. The lowest BCUT2D eigenvalue weighted by molar-refractivity contribution is -0.385. The van der Waals surface area contributed by atoms with Crippen LogP contribution in [0.2, 0.25) is 0 Å². The van der Waals surface area contributed by atoms with Gasteiger partial charge in [0, 0.05) is 12.1 Å². The van der Waals surface area contributed by atoms with Crippen LogP contribution in [0.15, 0.2) is 24.3 Å². The third-order valence-corrected chi connectivity index (χ3v) is 3.97. The fourth-order valence-electron chi connectivity index (χ4n) is 3.04. The maximum Gasteiger partial charge on any atom is 0.269 e. The van der Waals surface area contributed by atoms with Crippen molar-refractivity contribution in [2.45, 2.75) is 12.3 Å². The zero-order valence-corrected chi connectivity index (χ0v) is 8.93. The van der Waals surface area contributed by atoms with Crippen LogP contribution in [0.4, 0.5) is 5.69 Å². The van der Waals surface area contributed by atoms with Crippen molar-refractivity contribution < 1.29 is 4.92 Å². The Labute approximate surface area is 93.8 Å². The largest absolute Gasteiger partial charge is 0.316 e. The molecule has 1 saturated carbocycles. The minimum Gasteiger partial charge on any atom is -0.316 e. The number of fused-ring (bicyclic) bond motifs is 1. The molecule has 1 aliphatic heterocycles. The van der Waals surface area contributed by atoms with Crippen molar-refractivity contribution in [1.29, 1.82) is 0 Å². The van der Waals surface area contributed by atoms with Gasteiger partial charge in [0.25, 0.3) is 5.69 Å². The molecule has 4 nitrogen and oxygen atoms in total. The van der Waals surface area contributed by atoms with Crippen LogP contribution in [-0.4, -0.2) is 18.0 Å². The second-order valence-electron chi connectivity index (χ2n) is 4.78. The molecule has 0 radical (unpaired) electrons. The van der Waals surface area contributed by atoms with Crippen LogP contribution in [0.5, 0.6) is 0 Å². The Morgan fingerprint density at radius 2 is 2.25 bits per heavy atom. The fourth-order valence-corrected chi connectivity index (χ4v) is 3.04. The van der Waals surface area contributed by atoms with E-state index in [2.05, 4.69) is 5.32 Å². The van der Waals surface area contributed by atoms with Gasteiger partial charge in [0.1, 0.15) is 0 Å². The molecule has 2 aliphatic rings. The number of nitro groups is 1. The van der Waals surface area contributed by atoms with Crippen LogP contribution in [-0.2, 0) is 0 Å². The van der Waals surface area contributed by atoms with Gasteiger partial charge in [-0.2, -0.15) is 0 Å². The molecule has 3 rings (SSSR count). The first-order valence-electron chi connectivity index (χ1n) is 5.71. The summed E-state index contributed by atoms with van der Waals surface area (Å²) in [5.41, 5.74) is 1.35. The van der Waals surface area contributed by atoms with Crippen molar-refractivity contribution in [3.8, 4) is 0 Å². The third kappa shape index (κ3) is 1.41. The highest BCUT2D eigenvalue weighted by Crippen LogP contribution is 2.49. The highest BCUT2D eigenvalue weighted by molar-refractivity contribution is 5.37. The number of hydrogen-bond donors (Lipinski definition) is 1. The molecule has 3 atom stereocenters. The first kappa shape index (κ1) is 9.78. The van der Waals surface area contributed by atoms with E-state index in [0.29, 0.717) is 11.8 Å². The van der Waals surface area contributed by atoms with E-state index in [1.165, 1.54) is 6.42 Å². The Kier molecular flexibility index (Phi) is 2.17. The van der Waals surface area contributed by atoms with Crippen molar-refractivity contribution in [2.24, 2.45) is 11.8 Å². The van der Waals surface area contributed by atoms with E-state index in [1.54, 1.807) is 18.2 Å². The smallest absolute Gasteiger partial charge is 0.269 e. The van der Waals surface area contributed by atoms with E-state index in [1.807, 2.05) is 6.07 Å². The van der Waals surface area contributed by atoms with Crippen molar-refractivity contribution >= 4 is 5.69 Å². The molecule has 4 heteroatoms. The quantitative estimate of drug-likeness (QED) is 0.609. The molecule has 84 valence electrons. The van der Waals surface area contributed by atoms with Gasteiger partial charge in [0.05, 0.1) is 4.92 Å². The SMILES string of the molecule is O=[N+]([O-])c1cccc([C@@H]2C[C@@H]3CNC[C@@H]32)c1. The van der Waals surface area contributed by atoms with Crippen molar-refractivity contribution in [3.63, 3.8) is 0 Å². The van der Waals surface area contributed by atoms with E-state index < -0.39 is 0 Å². The lowest BCUT2D eigenvalue weighted by atomic mass is 9.64. The van der Waals surface area contributed by atoms with Gasteiger partial charge in [-0.1, -0.05) is 12.1 Å². The molecule has 0 spiro atoms. The van der Waals surface area contributed by atoms with E-state index in [0.717, 1.165) is 24.6 Å². The Morgan fingerprint density at radius 1 is 1.38 bits per heavy atom. The summed E-state index contributed by atoms with van der Waals surface area (Å²) in [5.74, 6) is 2.02. The molecule has 1 N–H and O–H groups in total. The Hall–Kier alpha value is -1.42.